The van der Waals surface area contributed by atoms with Crippen LogP contribution in [0.5, 0.6) is 0 Å². The number of esters is 3. The van der Waals surface area contributed by atoms with E-state index < -0.39 is 6.10 Å². The van der Waals surface area contributed by atoms with E-state index in [1.54, 1.807) is 0 Å². The highest BCUT2D eigenvalue weighted by molar-refractivity contribution is 5.71. The molecule has 0 aromatic carbocycles. The number of carbonyl (C=O) groups is 3. The zero-order chi connectivity index (χ0) is 53.6. The van der Waals surface area contributed by atoms with Crippen LogP contribution in [-0.4, -0.2) is 37.2 Å². The van der Waals surface area contributed by atoms with Crippen LogP contribution in [0.2, 0.25) is 0 Å². The molecule has 1 unspecified atom stereocenters. The third kappa shape index (κ3) is 60.2. The van der Waals surface area contributed by atoms with Gasteiger partial charge in [-0.25, -0.2) is 0 Å². The predicted octanol–water partition coefficient (Wildman–Crippen LogP) is 22.2. The summed E-state index contributed by atoms with van der Waals surface area (Å²) in [6, 6.07) is 0. The Morgan fingerprint density at radius 3 is 0.824 bits per heavy atom. The van der Waals surface area contributed by atoms with E-state index >= 15 is 0 Å². The van der Waals surface area contributed by atoms with Gasteiger partial charge in [0.05, 0.1) is 0 Å². The Balaban J connectivity index is 4.01. The molecule has 0 N–H and O–H groups in total. The summed E-state index contributed by atoms with van der Waals surface area (Å²) in [7, 11) is 0. The van der Waals surface area contributed by atoms with E-state index in [-0.39, 0.29) is 31.1 Å². The van der Waals surface area contributed by atoms with E-state index in [1.165, 1.54) is 218 Å². The van der Waals surface area contributed by atoms with Crippen molar-refractivity contribution in [1.29, 1.82) is 0 Å². The minimum Gasteiger partial charge on any atom is -0.462 e. The molecule has 6 nitrogen and oxygen atoms in total. The monoisotopic (exact) mass is 1040 g/mol. The molecule has 1 atom stereocenters. The minimum absolute atomic E-state index is 0.0727. The van der Waals surface area contributed by atoms with E-state index in [2.05, 4.69) is 69.4 Å². The predicted molar refractivity (Wildman–Crippen MR) is 321 cm³/mol. The smallest absolute Gasteiger partial charge is 0.306 e. The second-order valence-electron chi connectivity index (χ2n) is 22.0. The molecule has 0 fully saturated rings. The van der Waals surface area contributed by atoms with Crippen molar-refractivity contribution >= 4 is 17.9 Å². The highest BCUT2D eigenvalue weighted by Gasteiger charge is 2.19. The van der Waals surface area contributed by atoms with Crippen LogP contribution in [0.25, 0.3) is 0 Å². The van der Waals surface area contributed by atoms with Gasteiger partial charge in [0, 0.05) is 19.3 Å². The van der Waals surface area contributed by atoms with Gasteiger partial charge in [-0.05, 0) is 57.8 Å². The average Bonchev–Trinajstić information content (AvgIpc) is 3.40. The Morgan fingerprint density at radius 2 is 0.527 bits per heavy atom. The van der Waals surface area contributed by atoms with Gasteiger partial charge < -0.3 is 14.2 Å². The maximum atomic E-state index is 12.8. The van der Waals surface area contributed by atoms with Gasteiger partial charge in [0.2, 0.25) is 0 Å². The number of allylic oxidation sites excluding steroid dienone is 8. The molecule has 0 amide bonds. The summed E-state index contributed by atoms with van der Waals surface area (Å²) in [5, 5.41) is 0. The van der Waals surface area contributed by atoms with Crippen molar-refractivity contribution in [2.45, 2.75) is 354 Å². The molecular formula is C68H124O6. The van der Waals surface area contributed by atoms with Gasteiger partial charge in [0.25, 0.3) is 0 Å². The number of hydrogen-bond acceptors (Lipinski definition) is 6. The van der Waals surface area contributed by atoms with Crippen LogP contribution in [-0.2, 0) is 28.6 Å². The van der Waals surface area contributed by atoms with Crippen LogP contribution in [0.1, 0.15) is 348 Å². The lowest BCUT2D eigenvalue weighted by atomic mass is 10.0. The minimum atomic E-state index is -0.773. The van der Waals surface area contributed by atoms with E-state index in [1.807, 2.05) is 0 Å². The number of unbranched alkanes of at least 4 members (excludes halogenated alkanes) is 41. The zero-order valence-electron chi connectivity index (χ0n) is 49.6. The van der Waals surface area contributed by atoms with Gasteiger partial charge in [-0.15, -0.1) is 0 Å². The lowest BCUT2D eigenvalue weighted by Crippen LogP contribution is -2.30. The molecule has 6 heteroatoms. The van der Waals surface area contributed by atoms with Crippen molar-refractivity contribution in [3.8, 4) is 0 Å². The number of hydrogen-bond donors (Lipinski definition) is 0. The van der Waals surface area contributed by atoms with Crippen molar-refractivity contribution in [3.05, 3.63) is 48.6 Å². The first-order chi connectivity index (χ1) is 36.5. The van der Waals surface area contributed by atoms with Gasteiger partial charge in [-0.2, -0.15) is 0 Å². The molecule has 0 saturated carbocycles. The van der Waals surface area contributed by atoms with Gasteiger partial charge in [0.1, 0.15) is 13.2 Å². The van der Waals surface area contributed by atoms with Crippen LogP contribution in [0, 0.1) is 0 Å². The normalized spacial score (nSPS) is 12.3. The van der Waals surface area contributed by atoms with Crippen LogP contribution in [0.3, 0.4) is 0 Å². The van der Waals surface area contributed by atoms with Crippen molar-refractivity contribution in [3.63, 3.8) is 0 Å². The Hall–Kier alpha value is -2.63. The second kappa shape index (κ2) is 62.9. The summed E-state index contributed by atoms with van der Waals surface area (Å²) in [6.45, 7) is 6.51. The summed E-state index contributed by atoms with van der Waals surface area (Å²) < 4.78 is 16.8. The third-order valence-electron chi connectivity index (χ3n) is 14.6. The molecule has 0 aromatic rings. The fourth-order valence-corrected chi connectivity index (χ4v) is 9.73. The third-order valence-corrected chi connectivity index (χ3v) is 14.6. The van der Waals surface area contributed by atoms with Gasteiger partial charge in [0.15, 0.2) is 6.10 Å². The fourth-order valence-electron chi connectivity index (χ4n) is 9.73. The summed E-state index contributed by atoms with van der Waals surface area (Å²) in [5.41, 5.74) is 0. The Morgan fingerprint density at radius 1 is 0.284 bits per heavy atom. The standard InChI is InChI=1S/C68H124O6/c1-4-7-10-13-16-18-20-22-24-26-28-30-31-32-33-34-35-36-37-39-40-42-44-46-48-50-52-55-58-61-67(70)73-64-65(63-72-66(69)60-57-54-15-12-9-6-3)74-68(71)62-59-56-53-51-49-47-45-43-41-38-29-27-25-23-21-19-17-14-11-8-5-2/h8,11,17,19,23,25,29,38,65H,4-7,9-10,12-16,18,20-22,24,26-28,30-37,39-64H2,1-3H3/b11-8-,19-17-,25-23-,38-29-. The molecule has 0 aliphatic rings. The molecule has 0 saturated heterocycles. The van der Waals surface area contributed by atoms with Gasteiger partial charge in [-0.1, -0.05) is 320 Å². The second-order valence-corrected chi connectivity index (χ2v) is 22.0. The lowest BCUT2D eigenvalue weighted by molar-refractivity contribution is -0.167. The SMILES string of the molecule is CC/C=C\C/C=C\C/C=C\C/C=C\CCCCCCCCCCC(=O)OC(COC(=O)CCCCCCCC)COC(=O)CCCCCCCCCCCCCCCCCCCCCCCCCCCCCCC. The van der Waals surface area contributed by atoms with Crippen LogP contribution >= 0.6 is 0 Å². The maximum Gasteiger partial charge on any atom is 0.306 e. The summed E-state index contributed by atoms with van der Waals surface area (Å²) in [5.74, 6) is -0.873. The van der Waals surface area contributed by atoms with Crippen molar-refractivity contribution in [2.75, 3.05) is 13.2 Å². The lowest BCUT2D eigenvalue weighted by Gasteiger charge is -2.18. The Labute approximate surface area is 460 Å². The largest absolute Gasteiger partial charge is 0.462 e. The van der Waals surface area contributed by atoms with Crippen LogP contribution < -0.4 is 0 Å². The quantitative estimate of drug-likeness (QED) is 0.0261. The first kappa shape index (κ1) is 71.4. The first-order valence-corrected chi connectivity index (χ1v) is 32.6. The van der Waals surface area contributed by atoms with E-state index in [4.69, 9.17) is 14.2 Å². The topological polar surface area (TPSA) is 78.9 Å². The summed E-state index contributed by atoms with van der Waals surface area (Å²) in [6.07, 6.45) is 78.9. The zero-order valence-corrected chi connectivity index (χ0v) is 49.6. The van der Waals surface area contributed by atoms with E-state index in [9.17, 15) is 14.4 Å². The van der Waals surface area contributed by atoms with E-state index in [0.717, 1.165) is 89.9 Å². The number of ether oxygens (including phenoxy) is 3. The molecule has 0 aliphatic carbocycles. The molecule has 74 heavy (non-hydrogen) atoms. The summed E-state index contributed by atoms with van der Waals surface area (Å²) >= 11 is 0. The molecule has 0 aliphatic heterocycles. The van der Waals surface area contributed by atoms with Gasteiger partial charge >= 0.3 is 17.9 Å². The maximum absolute atomic E-state index is 12.8. The molecule has 0 spiro atoms. The van der Waals surface area contributed by atoms with Crippen LogP contribution in [0.4, 0.5) is 0 Å². The molecule has 432 valence electrons. The molecule has 0 aromatic heterocycles. The Bertz CT molecular complexity index is 1280. The van der Waals surface area contributed by atoms with Crippen molar-refractivity contribution in [2.24, 2.45) is 0 Å². The molecule has 0 bridgehead atoms. The molecule has 0 heterocycles. The highest BCUT2D eigenvalue weighted by atomic mass is 16.6. The number of carbonyl (C=O) groups excluding carboxylic acids is 3. The van der Waals surface area contributed by atoms with Crippen molar-refractivity contribution in [1.82, 2.24) is 0 Å². The van der Waals surface area contributed by atoms with E-state index in [0.29, 0.717) is 19.3 Å². The highest BCUT2D eigenvalue weighted by Crippen LogP contribution is 2.18. The number of rotatable bonds is 60. The fraction of sp³-hybridized carbons (Fsp3) is 0.838. The van der Waals surface area contributed by atoms with Gasteiger partial charge in [-0.3, -0.25) is 14.4 Å². The van der Waals surface area contributed by atoms with Crippen molar-refractivity contribution < 1.29 is 28.6 Å². The molecule has 0 radical (unpaired) electrons. The molecule has 0 rings (SSSR count). The van der Waals surface area contributed by atoms with Crippen LogP contribution in [0.15, 0.2) is 48.6 Å². The Kier molecular flexibility index (Phi) is 60.7. The molecular weight excluding hydrogens is 913 g/mol. The first-order valence-electron chi connectivity index (χ1n) is 32.6. The average molecular weight is 1040 g/mol. The summed E-state index contributed by atoms with van der Waals surface area (Å²) in [4.78, 5) is 38.0.